The van der Waals surface area contributed by atoms with Gasteiger partial charge in [0.2, 0.25) is 5.90 Å². The van der Waals surface area contributed by atoms with Crippen LogP contribution in [0.4, 0.5) is 19.2 Å². The molecular formula is C18H14N13O12+3. The smallest absolute Gasteiger partial charge is 0.400 e. The number of rotatable bonds is 2. The maximum Gasteiger partial charge on any atom is 0.400 e. The van der Waals surface area contributed by atoms with Gasteiger partial charge < -0.3 is 14.9 Å². The van der Waals surface area contributed by atoms with E-state index >= 15 is 0 Å². The van der Waals surface area contributed by atoms with Crippen LogP contribution in [0.3, 0.4) is 0 Å². The van der Waals surface area contributed by atoms with Crippen molar-refractivity contribution < 1.29 is 72.6 Å². The van der Waals surface area contributed by atoms with Crippen molar-refractivity contribution in [2.24, 2.45) is 30.2 Å². The third-order valence-electron chi connectivity index (χ3n) is 6.24. The number of hydroxylamine groups is 1. The van der Waals surface area contributed by atoms with Crippen molar-refractivity contribution in [1.29, 1.82) is 0 Å². The maximum atomic E-state index is 13.1. The van der Waals surface area contributed by atoms with E-state index < -0.39 is 107 Å². The average molecular weight is 604 g/mol. The first-order valence-corrected chi connectivity index (χ1v) is 11.7. The zero-order chi connectivity index (χ0) is 31.0. The predicted octanol–water partition coefficient (Wildman–Crippen LogP) is -3.93. The molecule has 6 aliphatic heterocycles. The Hall–Kier alpha value is -6.40. The van der Waals surface area contributed by atoms with Crippen LogP contribution >= 0.6 is 0 Å². The first kappa shape index (κ1) is 26.8. The molecule has 0 aromatic heterocycles. The highest BCUT2D eigenvalue weighted by Gasteiger charge is 2.79. The van der Waals surface area contributed by atoms with Crippen LogP contribution in [-0.2, 0) is 28.8 Å². The molecule has 6 N–H and O–H groups in total. The third-order valence-corrected chi connectivity index (χ3v) is 6.24. The summed E-state index contributed by atoms with van der Waals surface area (Å²) >= 11 is 0. The topological polar surface area (TPSA) is 324 Å². The number of fused-ring (bicyclic) bond motifs is 2. The lowest BCUT2D eigenvalue weighted by Gasteiger charge is -2.31. The maximum absolute atomic E-state index is 13.1. The number of hydrogen-bond donors (Lipinski definition) is 6. The van der Waals surface area contributed by atoms with Crippen LogP contribution in [0, 0.1) is 0 Å². The number of carbonyl (C=O) groups excluding carboxylic acids is 8. The molecule has 12 amide bonds. The molecule has 0 fully saturated rings. The standard InChI is InChI=1S/C18H11N13O12/c1-2-31(29(5-9(34)21-15(38)22-10(5)35)27-3-7(32)19-17(40)25-13(3)42-2)30(6-11(36)23-16(39)24-12(6)37)28-4-8(33)20-18(41)26-14(4)43-31/h2-6H,1H3,(H3-3,19,20,21,22,23,24,32,33,34,35,36,37,38,39,40,41)/p+3/t2?,3?,4?,31-/m0/s1. The summed E-state index contributed by atoms with van der Waals surface area (Å²) in [6, 6.07) is -13.3. The minimum absolute atomic E-state index is 0.365. The number of aliphatic hydroxyl groups excluding tert-OH is 2. The van der Waals surface area contributed by atoms with E-state index in [1.54, 1.807) is 10.6 Å². The molecule has 43 heavy (non-hydrogen) atoms. The first-order chi connectivity index (χ1) is 20.3. The molecule has 1 spiro atoms. The second kappa shape index (κ2) is 9.06. The summed E-state index contributed by atoms with van der Waals surface area (Å²) in [6.45, 7) is 1.10. The molecule has 0 bridgehead atoms. The molecule has 6 atom stereocenters. The van der Waals surface area contributed by atoms with Gasteiger partial charge >= 0.3 is 65.0 Å². The van der Waals surface area contributed by atoms with Crippen molar-refractivity contribution in [3.05, 3.63) is 0 Å². The molecule has 220 valence electrons. The summed E-state index contributed by atoms with van der Waals surface area (Å²) in [7, 11) is 0. The van der Waals surface area contributed by atoms with Crippen molar-refractivity contribution in [1.82, 2.24) is 21.3 Å². The Kier molecular flexibility index (Phi) is 5.65. The summed E-state index contributed by atoms with van der Waals surface area (Å²) in [5.74, 6) is -9.06. The van der Waals surface area contributed by atoms with Gasteiger partial charge in [0.1, 0.15) is 0 Å². The Labute approximate surface area is 233 Å². The number of ether oxygens (including phenoxy) is 1. The molecule has 5 unspecified atom stereocenters. The molecule has 0 aliphatic carbocycles. The van der Waals surface area contributed by atoms with E-state index in [0.717, 1.165) is 6.92 Å². The highest BCUT2D eigenvalue weighted by Crippen LogP contribution is 2.34. The number of aliphatic hydroxyl groups is 2. The zero-order valence-electron chi connectivity index (χ0n) is 20.9. The monoisotopic (exact) mass is 604 g/mol. The molecule has 25 heteroatoms. The Bertz CT molecular complexity index is 1710. The molecule has 6 rings (SSSR count). The van der Waals surface area contributed by atoms with Gasteiger partial charge in [-0.15, -0.1) is 0 Å². The molecular weight excluding hydrogens is 590 g/mol. The van der Waals surface area contributed by atoms with Gasteiger partial charge in [-0.2, -0.15) is 24.8 Å². The number of imide groups is 4. The molecule has 0 saturated carbocycles. The molecule has 0 aromatic carbocycles. The van der Waals surface area contributed by atoms with Crippen LogP contribution in [0.25, 0.3) is 0 Å². The lowest BCUT2D eigenvalue weighted by Crippen LogP contribution is -2.77. The number of quaternary nitrogens is 1. The summed E-state index contributed by atoms with van der Waals surface area (Å²) in [5, 5.41) is 36.7. The van der Waals surface area contributed by atoms with Crippen molar-refractivity contribution >= 4 is 71.3 Å². The van der Waals surface area contributed by atoms with Gasteiger partial charge in [0.05, 0.1) is 0 Å². The lowest BCUT2D eigenvalue weighted by atomic mass is 10.2. The van der Waals surface area contributed by atoms with Gasteiger partial charge in [-0.3, -0.25) is 40.4 Å². The van der Waals surface area contributed by atoms with Gasteiger partial charge in [-0.25, -0.2) is 19.2 Å². The predicted molar refractivity (Wildman–Crippen MR) is 122 cm³/mol. The number of azo groups is 2. The Morgan fingerprint density at radius 1 is 0.628 bits per heavy atom. The number of amides is 12. The second-order valence-electron chi connectivity index (χ2n) is 8.90. The summed E-state index contributed by atoms with van der Waals surface area (Å²) in [6.07, 6.45) is -1.87. The number of aliphatic imine (C=N–C) groups is 4. The fourth-order valence-corrected chi connectivity index (χ4v) is 4.51. The van der Waals surface area contributed by atoms with E-state index in [9.17, 15) is 48.6 Å². The fraction of sp³-hybridized carbons (Fsp3) is 0.333. The van der Waals surface area contributed by atoms with Gasteiger partial charge in [-0.05, 0) is 0 Å². The highest BCUT2D eigenvalue weighted by molar-refractivity contribution is 6.18. The fourth-order valence-electron chi connectivity index (χ4n) is 4.51. The normalized spacial score (nSPS) is 33.7. The Morgan fingerprint density at radius 3 is 1.49 bits per heavy atom. The quantitative estimate of drug-likeness (QED) is 0.130. The van der Waals surface area contributed by atoms with E-state index in [1.807, 2.05) is 10.6 Å². The van der Waals surface area contributed by atoms with Gasteiger partial charge in [0.15, 0.2) is 9.61 Å². The van der Waals surface area contributed by atoms with Crippen molar-refractivity contribution in [2.45, 2.75) is 37.3 Å². The van der Waals surface area contributed by atoms with Gasteiger partial charge in [0, 0.05) is 17.2 Å². The number of urea groups is 4. The van der Waals surface area contributed by atoms with E-state index in [-0.39, 0.29) is 0 Å². The minimum atomic E-state index is -2.26. The largest absolute Gasteiger partial charge is 0.491 e. The molecule has 6 aliphatic rings. The number of carbonyl (C=O) groups is 8. The van der Waals surface area contributed by atoms with Crippen LogP contribution in [0.1, 0.15) is 6.92 Å². The Balaban J connectivity index is 1.70. The highest BCUT2D eigenvalue weighted by atomic mass is 16.8. The van der Waals surface area contributed by atoms with E-state index in [0.29, 0.717) is 9.61 Å². The molecule has 25 nitrogen and oxygen atoms in total. The molecule has 6 heterocycles. The van der Waals surface area contributed by atoms with Crippen molar-refractivity contribution in [3.8, 4) is 0 Å². The van der Waals surface area contributed by atoms with Crippen LogP contribution < -0.4 is 21.3 Å². The second-order valence-corrected chi connectivity index (χ2v) is 8.90. The van der Waals surface area contributed by atoms with Gasteiger partial charge in [-0.1, -0.05) is 0 Å². The van der Waals surface area contributed by atoms with E-state index in [1.165, 1.54) is 0 Å². The Morgan fingerprint density at radius 2 is 1.02 bits per heavy atom. The molecule has 0 radical (unpaired) electrons. The zero-order valence-corrected chi connectivity index (χ0v) is 20.9. The number of nitrogens with one attached hydrogen (secondary N) is 4. The van der Waals surface area contributed by atoms with Crippen LogP contribution in [0.15, 0.2) is 30.2 Å². The van der Waals surface area contributed by atoms with Gasteiger partial charge in [0.25, 0.3) is 35.7 Å². The lowest BCUT2D eigenvalue weighted by molar-refractivity contribution is -1.67. The third kappa shape index (κ3) is 3.97. The summed E-state index contributed by atoms with van der Waals surface area (Å²) in [4.78, 5) is 118. The van der Waals surface area contributed by atoms with E-state index in [2.05, 4.69) is 30.2 Å². The first-order valence-electron chi connectivity index (χ1n) is 11.7. The van der Waals surface area contributed by atoms with Crippen LogP contribution in [0.2, 0.25) is 0 Å². The van der Waals surface area contributed by atoms with Crippen LogP contribution in [0.5, 0.6) is 0 Å². The molecule has 0 saturated heterocycles. The SMILES string of the molecule is CC1OC2=NC(=O)NC(=O)C2N=[N+](C2C(=O)NC(=O)N=C2O)[N@@+]12OC1=NC(=O)NC(=O)C1N=[N+]2C1C(=O)NC(=O)N=C1O. The van der Waals surface area contributed by atoms with Crippen molar-refractivity contribution in [2.75, 3.05) is 0 Å². The molecule has 0 aromatic rings. The number of hydrogen-bond acceptors (Lipinski definition) is 12. The van der Waals surface area contributed by atoms with Crippen LogP contribution in [-0.4, -0.2) is 126 Å². The summed E-state index contributed by atoms with van der Waals surface area (Å²) in [5.41, 5.74) is 0. The van der Waals surface area contributed by atoms with E-state index in [4.69, 9.17) is 9.57 Å². The summed E-state index contributed by atoms with van der Waals surface area (Å²) < 4.78 is 5.71. The average Bonchev–Trinajstić information content (AvgIpc) is 2.98. The van der Waals surface area contributed by atoms with Crippen molar-refractivity contribution in [3.63, 3.8) is 0 Å². The minimum Gasteiger partial charge on any atom is -0.491 e. The number of nitrogens with zero attached hydrogens (tertiary/aromatic N) is 9.